The minimum atomic E-state index is -0.675. The van der Waals surface area contributed by atoms with Crippen molar-refractivity contribution < 1.29 is 19.4 Å². The third-order valence-corrected chi connectivity index (χ3v) is 2.27. The van der Waals surface area contributed by atoms with Gasteiger partial charge in [-0.1, -0.05) is 13.8 Å². The first-order valence-electron chi connectivity index (χ1n) is 5.44. The predicted molar refractivity (Wildman–Crippen MR) is 61.0 cm³/mol. The molecule has 94 valence electrons. The van der Waals surface area contributed by atoms with Gasteiger partial charge in [0.2, 0.25) is 0 Å². The molecule has 0 rings (SSSR count). The van der Waals surface area contributed by atoms with Crippen LogP contribution in [0, 0.1) is 5.41 Å². The Morgan fingerprint density at radius 1 is 1.12 bits per heavy atom. The van der Waals surface area contributed by atoms with Gasteiger partial charge in [-0.25, -0.2) is 0 Å². The summed E-state index contributed by atoms with van der Waals surface area (Å²) in [6.45, 7) is 8.35. The van der Waals surface area contributed by atoms with E-state index in [4.69, 9.17) is 9.84 Å². The summed E-state index contributed by atoms with van der Waals surface area (Å²) in [6.07, 6.45) is 0.581. The van der Waals surface area contributed by atoms with Crippen molar-refractivity contribution in [2.24, 2.45) is 5.41 Å². The van der Waals surface area contributed by atoms with Crippen molar-refractivity contribution in [3.63, 3.8) is 0 Å². The SMILES string of the molecule is CC(C)(C)OC(=O)CCC(C)(C)C(=O)CO. The van der Waals surface area contributed by atoms with E-state index in [1.807, 2.05) is 0 Å². The number of hydrogen-bond donors (Lipinski definition) is 1. The van der Waals surface area contributed by atoms with Crippen molar-refractivity contribution in [2.75, 3.05) is 6.61 Å². The van der Waals surface area contributed by atoms with E-state index in [0.29, 0.717) is 6.42 Å². The number of ether oxygens (including phenoxy) is 1. The molecular weight excluding hydrogens is 208 g/mol. The standard InChI is InChI=1S/C12H22O4/c1-11(2,3)16-10(15)6-7-12(4,5)9(14)8-13/h13H,6-8H2,1-5H3. The highest BCUT2D eigenvalue weighted by molar-refractivity contribution is 5.85. The minimum absolute atomic E-state index is 0.190. The van der Waals surface area contributed by atoms with E-state index >= 15 is 0 Å². The van der Waals surface area contributed by atoms with Crippen molar-refractivity contribution in [1.29, 1.82) is 0 Å². The average Bonchev–Trinajstić information content (AvgIpc) is 2.11. The van der Waals surface area contributed by atoms with E-state index in [-0.39, 0.29) is 18.2 Å². The lowest BCUT2D eigenvalue weighted by Gasteiger charge is -2.23. The van der Waals surface area contributed by atoms with Crippen LogP contribution in [0.5, 0.6) is 0 Å². The Labute approximate surface area is 97.0 Å². The number of hydrogen-bond acceptors (Lipinski definition) is 4. The fourth-order valence-electron chi connectivity index (χ4n) is 1.16. The molecule has 0 spiro atoms. The van der Waals surface area contributed by atoms with Gasteiger partial charge >= 0.3 is 5.97 Å². The number of carbonyl (C=O) groups excluding carboxylic acids is 2. The molecule has 4 heteroatoms. The van der Waals surface area contributed by atoms with Crippen LogP contribution in [0.4, 0.5) is 0 Å². The molecule has 0 aliphatic rings. The highest BCUT2D eigenvalue weighted by Gasteiger charge is 2.28. The summed E-state index contributed by atoms with van der Waals surface area (Å²) in [5.41, 5.74) is -1.17. The number of rotatable bonds is 5. The van der Waals surface area contributed by atoms with Gasteiger partial charge in [0.15, 0.2) is 5.78 Å². The monoisotopic (exact) mass is 230 g/mol. The number of aliphatic hydroxyl groups is 1. The summed E-state index contributed by atoms with van der Waals surface area (Å²) in [7, 11) is 0. The van der Waals surface area contributed by atoms with Crippen molar-refractivity contribution in [2.45, 2.75) is 53.1 Å². The van der Waals surface area contributed by atoms with Crippen LogP contribution in [0.25, 0.3) is 0 Å². The van der Waals surface area contributed by atoms with E-state index in [2.05, 4.69) is 0 Å². The highest BCUT2D eigenvalue weighted by atomic mass is 16.6. The lowest BCUT2D eigenvalue weighted by atomic mass is 9.83. The van der Waals surface area contributed by atoms with Crippen LogP contribution < -0.4 is 0 Å². The number of carbonyl (C=O) groups is 2. The van der Waals surface area contributed by atoms with Gasteiger partial charge in [-0.15, -0.1) is 0 Å². The van der Waals surface area contributed by atoms with Gasteiger partial charge in [0.1, 0.15) is 12.2 Å². The maximum absolute atomic E-state index is 11.4. The second-order valence-corrected chi connectivity index (χ2v) is 5.55. The molecule has 0 heterocycles. The van der Waals surface area contributed by atoms with Crippen LogP contribution in [0.15, 0.2) is 0 Å². The first-order chi connectivity index (χ1) is 7.08. The maximum atomic E-state index is 11.4. The van der Waals surface area contributed by atoms with Crippen LogP contribution in [-0.4, -0.2) is 29.1 Å². The summed E-state index contributed by atoms with van der Waals surface area (Å²) >= 11 is 0. The largest absolute Gasteiger partial charge is 0.460 e. The first kappa shape index (κ1) is 15.1. The van der Waals surface area contributed by atoms with Crippen molar-refractivity contribution >= 4 is 11.8 Å². The molecule has 0 saturated heterocycles. The molecule has 0 aromatic heterocycles. The fraction of sp³-hybridized carbons (Fsp3) is 0.833. The fourth-order valence-corrected chi connectivity index (χ4v) is 1.16. The van der Waals surface area contributed by atoms with Crippen molar-refractivity contribution in [1.82, 2.24) is 0 Å². The molecule has 0 aromatic carbocycles. The molecule has 0 bridgehead atoms. The average molecular weight is 230 g/mol. The van der Waals surface area contributed by atoms with Gasteiger partial charge in [-0.2, -0.15) is 0 Å². The summed E-state index contributed by atoms with van der Waals surface area (Å²) in [5, 5.41) is 8.76. The zero-order valence-electron chi connectivity index (χ0n) is 10.8. The van der Waals surface area contributed by atoms with Gasteiger partial charge in [0, 0.05) is 11.8 Å². The second-order valence-electron chi connectivity index (χ2n) is 5.55. The highest BCUT2D eigenvalue weighted by Crippen LogP contribution is 2.24. The van der Waals surface area contributed by atoms with E-state index in [1.165, 1.54) is 0 Å². The predicted octanol–water partition coefficient (Wildman–Crippen LogP) is 1.70. The molecule has 0 atom stereocenters. The van der Waals surface area contributed by atoms with Gasteiger partial charge in [0.25, 0.3) is 0 Å². The lowest BCUT2D eigenvalue weighted by Crippen LogP contribution is -2.29. The van der Waals surface area contributed by atoms with Crippen LogP contribution in [0.3, 0.4) is 0 Å². The Bertz CT molecular complexity index is 261. The number of ketones is 1. The molecule has 0 aromatic rings. The molecule has 0 aliphatic carbocycles. The van der Waals surface area contributed by atoms with Gasteiger partial charge in [-0.05, 0) is 27.2 Å². The lowest BCUT2D eigenvalue weighted by molar-refractivity contribution is -0.155. The molecule has 0 fully saturated rings. The van der Waals surface area contributed by atoms with Gasteiger partial charge in [-0.3, -0.25) is 9.59 Å². The van der Waals surface area contributed by atoms with Crippen molar-refractivity contribution in [3.05, 3.63) is 0 Å². The summed E-state index contributed by atoms with van der Waals surface area (Å²) in [6, 6.07) is 0. The van der Waals surface area contributed by atoms with Crippen LogP contribution in [0.2, 0.25) is 0 Å². The summed E-state index contributed by atoms with van der Waals surface area (Å²) in [4.78, 5) is 22.7. The molecular formula is C12H22O4. The Hall–Kier alpha value is -0.900. The quantitative estimate of drug-likeness (QED) is 0.730. The van der Waals surface area contributed by atoms with Crippen LogP contribution >= 0.6 is 0 Å². The Kier molecular flexibility index (Phi) is 5.13. The van der Waals surface area contributed by atoms with Crippen LogP contribution in [0.1, 0.15) is 47.5 Å². The maximum Gasteiger partial charge on any atom is 0.306 e. The van der Waals surface area contributed by atoms with Gasteiger partial charge in [0.05, 0.1) is 0 Å². The second kappa shape index (κ2) is 5.43. The zero-order chi connectivity index (χ0) is 13.0. The molecule has 0 aliphatic heterocycles. The van der Waals surface area contributed by atoms with Gasteiger partial charge < -0.3 is 9.84 Å². The van der Waals surface area contributed by atoms with Crippen molar-refractivity contribution in [3.8, 4) is 0 Å². The van der Waals surface area contributed by atoms with E-state index in [1.54, 1.807) is 34.6 Å². The number of Topliss-reactive ketones (excluding diaryl/α,β-unsaturated/α-hetero) is 1. The smallest absolute Gasteiger partial charge is 0.306 e. The Morgan fingerprint density at radius 2 is 1.62 bits per heavy atom. The molecule has 0 radical (unpaired) electrons. The Morgan fingerprint density at radius 3 is 2.00 bits per heavy atom. The third-order valence-electron chi connectivity index (χ3n) is 2.27. The van der Waals surface area contributed by atoms with E-state index < -0.39 is 17.6 Å². The van der Waals surface area contributed by atoms with Crippen LogP contribution in [-0.2, 0) is 14.3 Å². The first-order valence-corrected chi connectivity index (χ1v) is 5.44. The topological polar surface area (TPSA) is 63.6 Å². The number of aliphatic hydroxyl groups excluding tert-OH is 1. The normalized spacial score (nSPS) is 12.4. The zero-order valence-corrected chi connectivity index (χ0v) is 10.8. The molecule has 0 amide bonds. The molecule has 0 unspecified atom stereocenters. The van der Waals surface area contributed by atoms with E-state index in [0.717, 1.165) is 0 Å². The molecule has 1 N–H and O–H groups in total. The number of esters is 1. The minimum Gasteiger partial charge on any atom is -0.460 e. The molecule has 0 saturated carbocycles. The summed E-state index contributed by atoms with van der Waals surface area (Å²) < 4.78 is 5.13. The molecule has 4 nitrogen and oxygen atoms in total. The summed E-state index contributed by atoms with van der Waals surface area (Å²) in [5.74, 6) is -0.567. The van der Waals surface area contributed by atoms with E-state index in [9.17, 15) is 9.59 Å². The molecule has 16 heavy (non-hydrogen) atoms. The third kappa shape index (κ3) is 5.85. The Balaban J connectivity index is 4.15.